The van der Waals surface area contributed by atoms with E-state index < -0.39 is 0 Å². The minimum Gasteiger partial charge on any atom is -0.491 e. The van der Waals surface area contributed by atoms with Crippen LogP contribution in [0.1, 0.15) is 82.8 Å². The average molecular weight is 548 g/mol. The number of benzene rings is 2. The van der Waals surface area contributed by atoms with Crippen LogP contribution in [0.2, 0.25) is 0 Å². The molecule has 1 unspecified atom stereocenters. The van der Waals surface area contributed by atoms with Crippen LogP contribution in [0.4, 0.5) is 0 Å². The van der Waals surface area contributed by atoms with Gasteiger partial charge in [0.25, 0.3) is 12.4 Å². The highest BCUT2D eigenvalue weighted by Gasteiger charge is 2.28. The summed E-state index contributed by atoms with van der Waals surface area (Å²) in [5, 5.41) is 10.3. The third kappa shape index (κ3) is 9.36. The largest absolute Gasteiger partial charge is 0.491 e. The number of rotatable bonds is 7. The summed E-state index contributed by atoms with van der Waals surface area (Å²) in [6.07, 6.45) is 2.83. The molecule has 1 atom stereocenters. The molecule has 1 amide bonds. The summed E-state index contributed by atoms with van der Waals surface area (Å²) < 4.78 is 10.2. The van der Waals surface area contributed by atoms with Crippen LogP contribution in [-0.2, 0) is 32.9 Å². The Hall–Kier alpha value is -3.94. The highest BCUT2D eigenvalue weighted by atomic mass is 16.5. The molecule has 0 aliphatic carbocycles. The van der Waals surface area contributed by atoms with E-state index in [9.17, 15) is 14.7 Å². The van der Waals surface area contributed by atoms with E-state index in [1.165, 1.54) is 17.3 Å². The van der Waals surface area contributed by atoms with Gasteiger partial charge in [0.2, 0.25) is 5.91 Å². The van der Waals surface area contributed by atoms with Gasteiger partial charge in [-0.3, -0.25) is 9.59 Å². The fourth-order valence-electron chi connectivity index (χ4n) is 4.21. The number of nitrogens with zero attached hydrogens (tertiary/aromatic N) is 3. The van der Waals surface area contributed by atoms with Crippen molar-refractivity contribution in [3.63, 3.8) is 0 Å². The van der Waals surface area contributed by atoms with E-state index in [-0.39, 0.29) is 41.0 Å². The van der Waals surface area contributed by atoms with E-state index >= 15 is 0 Å². The summed E-state index contributed by atoms with van der Waals surface area (Å²) in [6, 6.07) is 18.3. The van der Waals surface area contributed by atoms with Crippen LogP contribution < -0.4 is 4.74 Å². The van der Waals surface area contributed by atoms with Gasteiger partial charge >= 0.3 is 0 Å². The second kappa shape index (κ2) is 13.4. The third-order valence-electron chi connectivity index (χ3n) is 6.53. The molecule has 3 aromatic rings. The molecule has 0 saturated carbocycles. The first-order chi connectivity index (χ1) is 18.9. The van der Waals surface area contributed by atoms with Crippen molar-refractivity contribution in [2.75, 3.05) is 6.54 Å². The van der Waals surface area contributed by atoms with Crippen LogP contribution in [0.5, 0.6) is 11.6 Å². The van der Waals surface area contributed by atoms with Crippen LogP contribution >= 0.6 is 0 Å². The molecule has 1 N–H and O–H groups in total. The third-order valence-corrected chi connectivity index (χ3v) is 6.53. The molecule has 1 saturated heterocycles. The SMILES string of the molecule is CC(C)(C)OC=O.CC(C)(C)c1ccc(C2CCN(Cc3ncc(OCc4ccccc4)c(O)n3)C(=O)C2)cc1. The van der Waals surface area contributed by atoms with Crippen LogP contribution in [0.3, 0.4) is 0 Å². The quantitative estimate of drug-likeness (QED) is 0.366. The van der Waals surface area contributed by atoms with Gasteiger partial charge in [-0.25, -0.2) is 4.98 Å². The summed E-state index contributed by atoms with van der Waals surface area (Å²) in [6.45, 7) is 13.8. The normalized spacial score (nSPS) is 15.6. The van der Waals surface area contributed by atoms with Crippen LogP contribution in [0, 0.1) is 0 Å². The van der Waals surface area contributed by atoms with Crippen molar-refractivity contribution in [3.05, 3.63) is 83.3 Å². The number of likely N-dealkylation sites (tertiary alicyclic amines) is 1. The molecule has 1 aliphatic heterocycles. The molecular weight excluding hydrogens is 506 g/mol. The molecule has 214 valence electrons. The molecule has 4 rings (SSSR count). The zero-order valence-electron chi connectivity index (χ0n) is 24.4. The zero-order chi connectivity index (χ0) is 29.3. The van der Waals surface area contributed by atoms with Gasteiger partial charge in [0, 0.05) is 13.0 Å². The first-order valence-electron chi connectivity index (χ1n) is 13.6. The molecule has 0 radical (unpaired) electrons. The van der Waals surface area contributed by atoms with Crippen LogP contribution in [0.25, 0.3) is 0 Å². The maximum absolute atomic E-state index is 12.8. The number of aromatic nitrogens is 2. The van der Waals surface area contributed by atoms with Crippen molar-refractivity contribution in [3.8, 4) is 11.6 Å². The Kier molecular flexibility index (Phi) is 10.3. The van der Waals surface area contributed by atoms with E-state index in [2.05, 4.69) is 59.7 Å². The lowest BCUT2D eigenvalue weighted by Crippen LogP contribution is -2.38. The minimum absolute atomic E-state index is 0.0821. The van der Waals surface area contributed by atoms with Crippen LogP contribution in [-0.4, -0.2) is 44.5 Å². The molecular formula is C32H41N3O5. The predicted octanol–water partition coefficient (Wildman–Crippen LogP) is 5.92. The standard InChI is InChI=1S/C27H31N3O3.C5H10O2/c1-27(2,3)22-11-9-20(10-12-22)21-13-14-30(25(31)15-21)17-24-28-16-23(26(32)29-24)33-18-19-7-5-4-6-8-19;1-5(2,3)7-4-6/h4-12,16,21H,13-15,17-18H2,1-3H3,(H,28,29,32);4H,1-3H3. The molecule has 1 fully saturated rings. The number of hydrogen-bond donors (Lipinski definition) is 1. The number of piperidine rings is 1. The molecule has 1 aliphatic rings. The van der Waals surface area contributed by atoms with Gasteiger partial charge in [-0.1, -0.05) is 75.4 Å². The van der Waals surface area contributed by atoms with Gasteiger partial charge in [-0.05, 0) is 55.2 Å². The Morgan fingerprint density at radius 3 is 2.23 bits per heavy atom. The number of carbonyl (C=O) groups is 2. The molecule has 8 nitrogen and oxygen atoms in total. The van der Waals surface area contributed by atoms with Crippen molar-refractivity contribution < 1.29 is 24.2 Å². The van der Waals surface area contributed by atoms with Gasteiger partial charge in [0.1, 0.15) is 12.2 Å². The highest BCUT2D eigenvalue weighted by Crippen LogP contribution is 2.32. The van der Waals surface area contributed by atoms with E-state index in [1.54, 1.807) is 4.90 Å². The maximum atomic E-state index is 12.8. The second-order valence-corrected chi connectivity index (χ2v) is 12.0. The monoisotopic (exact) mass is 547 g/mol. The van der Waals surface area contributed by atoms with Gasteiger partial charge in [0.05, 0.1) is 12.7 Å². The fourth-order valence-corrected chi connectivity index (χ4v) is 4.21. The number of carbonyl (C=O) groups excluding carboxylic acids is 2. The lowest BCUT2D eigenvalue weighted by atomic mass is 9.83. The van der Waals surface area contributed by atoms with Crippen molar-refractivity contribution in [1.29, 1.82) is 0 Å². The highest BCUT2D eigenvalue weighted by molar-refractivity contribution is 5.78. The number of aromatic hydroxyl groups is 1. The lowest BCUT2D eigenvalue weighted by Gasteiger charge is -2.32. The topological polar surface area (TPSA) is 102 Å². The predicted molar refractivity (Wildman–Crippen MR) is 154 cm³/mol. The Balaban J connectivity index is 0.000000559. The van der Waals surface area contributed by atoms with Crippen molar-refractivity contribution >= 4 is 12.4 Å². The Morgan fingerprint density at radius 2 is 1.70 bits per heavy atom. The smallest absolute Gasteiger partial charge is 0.293 e. The van der Waals surface area contributed by atoms with Gasteiger partial charge < -0.3 is 19.5 Å². The van der Waals surface area contributed by atoms with Gasteiger partial charge in [0.15, 0.2) is 11.6 Å². The van der Waals surface area contributed by atoms with E-state index in [1.807, 2.05) is 51.1 Å². The summed E-state index contributed by atoms with van der Waals surface area (Å²) >= 11 is 0. The second-order valence-electron chi connectivity index (χ2n) is 12.0. The van der Waals surface area contributed by atoms with Crippen LogP contribution in [0.15, 0.2) is 60.8 Å². The number of hydrogen-bond acceptors (Lipinski definition) is 7. The first-order valence-corrected chi connectivity index (χ1v) is 13.6. The summed E-state index contributed by atoms with van der Waals surface area (Å²) in [5.41, 5.74) is 3.29. The molecule has 2 aromatic carbocycles. The molecule has 0 bridgehead atoms. The summed E-state index contributed by atoms with van der Waals surface area (Å²) in [7, 11) is 0. The summed E-state index contributed by atoms with van der Waals surface area (Å²) in [5.74, 6) is 0.730. The van der Waals surface area contributed by atoms with E-state index in [0.29, 0.717) is 31.9 Å². The number of amides is 1. The van der Waals surface area contributed by atoms with Crippen molar-refractivity contribution in [1.82, 2.24) is 14.9 Å². The van der Waals surface area contributed by atoms with Gasteiger partial charge in [-0.2, -0.15) is 4.98 Å². The average Bonchev–Trinajstić information content (AvgIpc) is 2.89. The Morgan fingerprint density at radius 1 is 1.02 bits per heavy atom. The molecule has 8 heteroatoms. The fraction of sp³-hybridized carbons (Fsp3) is 0.438. The molecule has 40 heavy (non-hydrogen) atoms. The molecule has 2 heterocycles. The van der Waals surface area contributed by atoms with Crippen molar-refractivity contribution in [2.24, 2.45) is 0 Å². The lowest BCUT2D eigenvalue weighted by molar-refractivity contribution is -0.138. The minimum atomic E-state index is -0.318. The Labute approximate surface area is 237 Å². The number of ether oxygens (including phenoxy) is 2. The van der Waals surface area contributed by atoms with Gasteiger partial charge in [-0.15, -0.1) is 0 Å². The van der Waals surface area contributed by atoms with E-state index in [4.69, 9.17) is 4.74 Å². The first kappa shape index (κ1) is 30.6. The zero-order valence-corrected chi connectivity index (χ0v) is 24.4. The Bertz CT molecular complexity index is 1250. The maximum Gasteiger partial charge on any atom is 0.293 e. The van der Waals surface area contributed by atoms with E-state index in [0.717, 1.165) is 12.0 Å². The molecule has 1 aromatic heterocycles. The van der Waals surface area contributed by atoms with Crippen molar-refractivity contribution in [2.45, 2.75) is 84.5 Å². The molecule has 0 spiro atoms. The summed E-state index contributed by atoms with van der Waals surface area (Å²) in [4.78, 5) is 32.6.